The van der Waals surface area contributed by atoms with Gasteiger partial charge in [0.05, 0.1) is 17.1 Å². The summed E-state index contributed by atoms with van der Waals surface area (Å²) in [5.74, 6) is -0.392. The number of nitro groups is 1. The molecule has 0 radical (unpaired) electrons. The topological polar surface area (TPSA) is 96.5 Å². The van der Waals surface area contributed by atoms with Crippen molar-refractivity contribution < 1.29 is 14.8 Å². The number of nitrogens with one attached hydrogen (secondary N) is 1. The van der Waals surface area contributed by atoms with Gasteiger partial charge in [-0.25, -0.2) is 0 Å². The Morgan fingerprint density at radius 1 is 1.62 bits per heavy atom. The average Bonchev–Trinajstić information content (AvgIpc) is 2.28. The van der Waals surface area contributed by atoms with Crippen molar-refractivity contribution in [3.63, 3.8) is 0 Å². The van der Waals surface area contributed by atoms with Crippen LogP contribution in [0, 0.1) is 15.5 Å². The van der Waals surface area contributed by atoms with Gasteiger partial charge in [-0.1, -0.05) is 12.1 Å². The zero-order chi connectivity index (χ0) is 12.1. The molecule has 1 aromatic carbocycles. The summed E-state index contributed by atoms with van der Waals surface area (Å²) in [4.78, 5) is 10.1. The molecule has 1 aromatic rings. The van der Waals surface area contributed by atoms with Crippen LogP contribution in [0.15, 0.2) is 24.3 Å². The zero-order valence-electron chi connectivity index (χ0n) is 8.71. The summed E-state index contributed by atoms with van der Waals surface area (Å²) in [5.41, 5.74) is -0.162. The van der Waals surface area contributed by atoms with Gasteiger partial charge in [-0.15, -0.1) is 0 Å². The second-order valence-electron chi connectivity index (χ2n) is 3.02. The summed E-state index contributed by atoms with van der Waals surface area (Å²) in [6, 6.07) is 5.73. The molecule has 0 aliphatic carbocycles. The second kappa shape index (κ2) is 5.22. The van der Waals surface area contributed by atoms with E-state index >= 15 is 0 Å². The summed E-state index contributed by atoms with van der Waals surface area (Å²) >= 11 is 0. The van der Waals surface area contributed by atoms with E-state index in [1.165, 1.54) is 18.2 Å². The van der Waals surface area contributed by atoms with E-state index in [-0.39, 0.29) is 17.9 Å². The van der Waals surface area contributed by atoms with Gasteiger partial charge in [0.25, 0.3) is 5.69 Å². The predicted molar refractivity (Wildman–Crippen MR) is 57.4 cm³/mol. The van der Waals surface area contributed by atoms with E-state index in [1.807, 2.05) is 0 Å². The van der Waals surface area contributed by atoms with E-state index in [2.05, 4.69) is 0 Å². The molecule has 0 aromatic heterocycles. The molecule has 0 amide bonds. The van der Waals surface area contributed by atoms with E-state index in [0.29, 0.717) is 0 Å². The van der Waals surface area contributed by atoms with Gasteiger partial charge in [0.2, 0.25) is 5.90 Å². The minimum absolute atomic E-state index is 0.0611. The molecule has 1 unspecified atom stereocenters. The molecular formula is C10H12N2O4. The fourth-order valence-electron chi connectivity index (χ4n) is 1.26. The normalized spacial score (nSPS) is 11.9. The van der Waals surface area contributed by atoms with Crippen LogP contribution in [-0.4, -0.2) is 22.5 Å². The fraction of sp³-hybridized carbons (Fsp3) is 0.300. The zero-order valence-corrected chi connectivity index (χ0v) is 8.71. The third-order valence-electron chi connectivity index (χ3n) is 1.98. The molecule has 16 heavy (non-hydrogen) atoms. The van der Waals surface area contributed by atoms with Gasteiger partial charge < -0.3 is 9.84 Å². The lowest BCUT2D eigenvalue weighted by atomic mass is 10.1. The molecule has 1 atom stereocenters. The van der Waals surface area contributed by atoms with Crippen LogP contribution in [0.25, 0.3) is 0 Å². The Balaban J connectivity index is 3.03. The first-order valence-corrected chi connectivity index (χ1v) is 4.70. The molecule has 0 aliphatic rings. The molecule has 0 bridgehead atoms. The SMILES string of the molecule is CCOC(=N)C(O)c1ccccc1[N+](=O)[O-]. The van der Waals surface area contributed by atoms with E-state index < -0.39 is 16.9 Å². The smallest absolute Gasteiger partial charge is 0.275 e. The lowest BCUT2D eigenvalue weighted by Gasteiger charge is -2.12. The van der Waals surface area contributed by atoms with Crippen LogP contribution < -0.4 is 0 Å². The quantitative estimate of drug-likeness (QED) is 0.351. The highest BCUT2D eigenvalue weighted by atomic mass is 16.6. The number of nitro benzene ring substituents is 1. The number of hydrogen-bond donors (Lipinski definition) is 2. The Morgan fingerprint density at radius 3 is 2.81 bits per heavy atom. The third kappa shape index (κ3) is 2.54. The van der Waals surface area contributed by atoms with Gasteiger partial charge in [0, 0.05) is 6.07 Å². The van der Waals surface area contributed by atoms with Crippen molar-refractivity contribution >= 4 is 11.6 Å². The summed E-state index contributed by atoms with van der Waals surface area (Å²) < 4.78 is 4.80. The monoisotopic (exact) mass is 224 g/mol. The van der Waals surface area contributed by atoms with Gasteiger partial charge in [0.1, 0.15) is 0 Å². The third-order valence-corrected chi connectivity index (χ3v) is 1.98. The first kappa shape index (κ1) is 12.1. The van der Waals surface area contributed by atoms with Crippen molar-refractivity contribution in [2.45, 2.75) is 13.0 Å². The lowest BCUT2D eigenvalue weighted by Crippen LogP contribution is -2.15. The molecule has 1 rings (SSSR count). The van der Waals surface area contributed by atoms with Gasteiger partial charge in [0.15, 0.2) is 6.10 Å². The van der Waals surface area contributed by atoms with Gasteiger partial charge in [-0.2, -0.15) is 0 Å². The summed E-state index contributed by atoms with van der Waals surface area (Å²) in [7, 11) is 0. The summed E-state index contributed by atoms with van der Waals surface area (Å²) in [6.07, 6.45) is -1.40. The first-order valence-electron chi connectivity index (χ1n) is 4.70. The number of ether oxygens (including phenoxy) is 1. The Morgan fingerprint density at radius 2 is 2.25 bits per heavy atom. The maximum atomic E-state index is 10.7. The van der Waals surface area contributed by atoms with Crippen molar-refractivity contribution in [1.82, 2.24) is 0 Å². The first-order chi connectivity index (χ1) is 7.57. The Hall–Kier alpha value is -1.95. The maximum Gasteiger partial charge on any atom is 0.275 e. The molecule has 2 N–H and O–H groups in total. The minimum atomic E-state index is -1.40. The molecule has 0 heterocycles. The molecule has 6 nitrogen and oxygen atoms in total. The van der Waals surface area contributed by atoms with Crippen molar-refractivity contribution in [2.24, 2.45) is 0 Å². The maximum absolute atomic E-state index is 10.7. The minimum Gasteiger partial charge on any atom is -0.479 e. The molecule has 0 saturated heterocycles. The number of aliphatic hydroxyl groups excluding tert-OH is 1. The van der Waals surface area contributed by atoms with Gasteiger partial charge in [-0.05, 0) is 13.0 Å². The second-order valence-corrected chi connectivity index (χ2v) is 3.02. The van der Waals surface area contributed by atoms with Crippen molar-refractivity contribution in [1.29, 1.82) is 5.41 Å². The molecular weight excluding hydrogens is 212 g/mol. The molecule has 0 aliphatic heterocycles. The number of aliphatic hydroxyl groups is 1. The molecule has 0 fully saturated rings. The number of para-hydroxylation sites is 1. The summed E-state index contributed by atoms with van der Waals surface area (Å²) in [6.45, 7) is 1.90. The predicted octanol–water partition coefficient (Wildman–Crippen LogP) is 1.64. The molecule has 0 spiro atoms. The number of rotatable bonds is 4. The van der Waals surface area contributed by atoms with Crippen LogP contribution in [0.1, 0.15) is 18.6 Å². The van der Waals surface area contributed by atoms with Crippen molar-refractivity contribution in [2.75, 3.05) is 6.61 Å². The number of benzene rings is 1. The van der Waals surface area contributed by atoms with Gasteiger partial charge >= 0.3 is 0 Å². The van der Waals surface area contributed by atoms with Crippen LogP contribution >= 0.6 is 0 Å². The largest absolute Gasteiger partial charge is 0.479 e. The van der Waals surface area contributed by atoms with E-state index in [0.717, 1.165) is 0 Å². The van der Waals surface area contributed by atoms with Crippen LogP contribution in [0.2, 0.25) is 0 Å². The van der Waals surface area contributed by atoms with Crippen LogP contribution in [0.4, 0.5) is 5.69 Å². The van der Waals surface area contributed by atoms with Crippen molar-refractivity contribution in [3.8, 4) is 0 Å². The highest BCUT2D eigenvalue weighted by Gasteiger charge is 2.23. The Labute approximate surface area is 92.1 Å². The van der Waals surface area contributed by atoms with Crippen LogP contribution in [0.3, 0.4) is 0 Å². The average molecular weight is 224 g/mol. The van der Waals surface area contributed by atoms with Gasteiger partial charge in [-0.3, -0.25) is 15.5 Å². The fourth-order valence-corrected chi connectivity index (χ4v) is 1.26. The van der Waals surface area contributed by atoms with Crippen molar-refractivity contribution in [3.05, 3.63) is 39.9 Å². The Bertz CT molecular complexity index is 406. The highest BCUT2D eigenvalue weighted by Crippen LogP contribution is 2.25. The summed E-state index contributed by atoms with van der Waals surface area (Å²) in [5, 5.41) is 27.8. The Kier molecular flexibility index (Phi) is 3.96. The standard InChI is InChI=1S/C10H12N2O4/c1-2-16-10(11)9(13)7-5-3-4-6-8(7)12(14)15/h3-6,9,11,13H,2H2,1H3. The molecule has 0 saturated carbocycles. The highest BCUT2D eigenvalue weighted by molar-refractivity contribution is 5.80. The lowest BCUT2D eigenvalue weighted by molar-refractivity contribution is -0.386. The number of nitrogens with zero attached hydrogens (tertiary/aromatic N) is 1. The van der Waals surface area contributed by atoms with E-state index in [1.54, 1.807) is 13.0 Å². The van der Waals surface area contributed by atoms with Crippen LogP contribution in [0.5, 0.6) is 0 Å². The van der Waals surface area contributed by atoms with E-state index in [9.17, 15) is 15.2 Å². The van der Waals surface area contributed by atoms with E-state index in [4.69, 9.17) is 10.1 Å². The molecule has 6 heteroatoms. The molecule has 86 valence electrons. The number of hydrogen-bond acceptors (Lipinski definition) is 5. The van der Waals surface area contributed by atoms with Crippen LogP contribution in [-0.2, 0) is 4.74 Å².